The van der Waals surface area contributed by atoms with Crippen LogP contribution in [-0.4, -0.2) is 25.1 Å². The van der Waals surface area contributed by atoms with Gasteiger partial charge in [0.2, 0.25) is 10.0 Å². The number of methoxy groups -OCH3 is 1. The molecular weight excluding hydrogens is 418 g/mol. The molecule has 3 aromatic rings. The van der Waals surface area contributed by atoms with Crippen molar-refractivity contribution >= 4 is 31.6 Å². The van der Waals surface area contributed by atoms with Crippen molar-refractivity contribution in [2.75, 3.05) is 11.8 Å². The maximum Gasteiger partial charge on any atom is 0.236 e. The smallest absolute Gasteiger partial charge is 0.236 e. The van der Waals surface area contributed by atoms with Gasteiger partial charge in [-0.2, -0.15) is 0 Å². The lowest BCUT2D eigenvalue weighted by molar-refractivity contribution is 0.413. The van der Waals surface area contributed by atoms with Crippen molar-refractivity contribution in [2.45, 2.75) is 12.7 Å². The number of benzene rings is 2. The van der Waals surface area contributed by atoms with Gasteiger partial charge >= 0.3 is 0 Å². The van der Waals surface area contributed by atoms with Crippen molar-refractivity contribution in [1.29, 1.82) is 0 Å². The number of imidazole rings is 1. The molecule has 0 aliphatic rings. The second-order valence-corrected chi connectivity index (χ2v) is 8.44. The molecule has 0 bridgehead atoms. The third-order valence-electron chi connectivity index (χ3n) is 3.69. The minimum absolute atomic E-state index is 0.114. The molecule has 0 radical (unpaired) electrons. The molecule has 1 heterocycles. The third kappa shape index (κ3) is 4.44. The van der Waals surface area contributed by atoms with Crippen LogP contribution in [0, 0.1) is 6.92 Å². The lowest BCUT2D eigenvalue weighted by Gasteiger charge is -2.13. The zero-order valence-electron chi connectivity index (χ0n) is 14.3. The molecule has 0 amide bonds. The Bertz CT molecular complexity index is 1030. The SMILES string of the molecule is COc1cc(NS(=O)(=O)Cc2cccc(Br)c2)ccc1-n1cnc(C)c1. The van der Waals surface area contributed by atoms with Gasteiger partial charge in [-0.25, -0.2) is 13.4 Å². The van der Waals surface area contributed by atoms with Crippen molar-refractivity contribution < 1.29 is 13.2 Å². The molecule has 0 aliphatic heterocycles. The molecule has 26 heavy (non-hydrogen) atoms. The zero-order valence-corrected chi connectivity index (χ0v) is 16.7. The molecule has 2 aromatic carbocycles. The first kappa shape index (κ1) is 18.5. The highest BCUT2D eigenvalue weighted by atomic mass is 79.9. The van der Waals surface area contributed by atoms with E-state index in [9.17, 15) is 8.42 Å². The Hall–Kier alpha value is -2.32. The van der Waals surface area contributed by atoms with Crippen molar-refractivity contribution in [1.82, 2.24) is 9.55 Å². The number of halogens is 1. The third-order valence-corrected chi connectivity index (χ3v) is 5.44. The Kier molecular flexibility index (Phi) is 5.33. The summed E-state index contributed by atoms with van der Waals surface area (Å²) in [6.07, 6.45) is 3.55. The molecule has 0 unspecified atom stereocenters. The van der Waals surface area contributed by atoms with Crippen LogP contribution in [0.1, 0.15) is 11.3 Å². The van der Waals surface area contributed by atoms with E-state index < -0.39 is 10.0 Å². The molecule has 1 aromatic heterocycles. The fraction of sp³-hybridized carbons (Fsp3) is 0.167. The van der Waals surface area contributed by atoms with Gasteiger partial charge in [-0.3, -0.25) is 4.72 Å². The first-order valence-electron chi connectivity index (χ1n) is 7.80. The number of aromatic nitrogens is 2. The molecule has 0 saturated carbocycles. The zero-order chi connectivity index (χ0) is 18.7. The van der Waals surface area contributed by atoms with Crippen LogP contribution < -0.4 is 9.46 Å². The number of anilines is 1. The number of nitrogens with one attached hydrogen (secondary N) is 1. The van der Waals surface area contributed by atoms with Gasteiger partial charge in [0.05, 0.1) is 36.3 Å². The Morgan fingerprint density at radius 1 is 1.23 bits per heavy atom. The summed E-state index contributed by atoms with van der Waals surface area (Å²) in [5.74, 6) is 0.432. The van der Waals surface area contributed by atoms with E-state index in [0.717, 1.165) is 15.9 Å². The minimum atomic E-state index is -3.55. The number of rotatable bonds is 6. The summed E-state index contributed by atoms with van der Waals surface area (Å²) >= 11 is 3.35. The van der Waals surface area contributed by atoms with Gasteiger partial charge in [-0.1, -0.05) is 28.1 Å². The van der Waals surface area contributed by atoms with Crippen molar-refractivity contribution in [3.05, 3.63) is 70.7 Å². The van der Waals surface area contributed by atoms with E-state index in [-0.39, 0.29) is 5.75 Å². The second-order valence-electron chi connectivity index (χ2n) is 5.80. The van der Waals surface area contributed by atoms with E-state index in [0.29, 0.717) is 17.0 Å². The summed E-state index contributed by atoms with van der Waals surface area (Å²) in [6.45, 7) is 1.90. The fourth-order valence-electron chi connectivity index (χ4n) is 2.57. The molecule has 0 atom stereocenters. The van der Waals surface area contributed by atoms with Crippen molar-refractivity contribution in [3.8, 4) is 11.4 Å². The summed E-state index contributed by atoms with van der Waals surface area (Å²) in [5.41, 5.74) is 2.80. The monoisotopic (exact) mass is 435 g/mol. The van der Waals surface area contributed by atoms with Crippen LogP contribution in [0.2, 0.25) is 0 Å². The molecule has 1 N–H and O–H groups in total. The van der Waals surface area contributed by atoms with E-state index in [4.69, 9.17) is 4.74 Å². The summed E-state index contributed by atoms with van der Waals surface area (Å²) in [5, 5.41) is 0. The number of ether oxygens (including phenoxy) is 1. The van der Waals surface area contributed by atoms with E-state index in [2.05, 4.69) is 25.6 Å². The average molecular weight is 436 g/mol. The number of aryl methyl sites for hydroxylation is 1. The van der Waals surface area contributed by atoms with E-state index >= 15 is 0 Å². The van der Waals surface area contributed by atoms with Gasteiger partial charge in [0.25, 0.3) is 0 Å². The first-order valence-corrected chi connectivity index (χ1v) is 10.2. The van der Waals surface area contributed by atoms with Crippen LogP contribution in [-0.2, 0) is 15.8 Å². The number of hydrogen-bond donors (Lipinski definition) is 1. The molecule has 0 fully saturated rings. The highest BCUT2D eigenvalue weighted by Crippen LogP contribution is 2.27. The van der Waals surface area contributed by atoms with E-state index in [1.54, 1.807) is 49.8 Å². The standard InChI is InChI=1S/C18H18BrN3O3S/c1-13-10-22(12-20-13)17-7-6-16(9-18(17)25-2)21-26(23,24)11-14-4-3-5-15(19)8-14/h3-10,12,21H,11H2,1-2H3. The lowest BCUT2D eigenvalue weighted by atomic mass is 10.2. The normalized spacial score (nSPS) is 11.3. The van der Waals surface area contributed by atoms with Gasteiger partial charge < -0.3 is 9.30 Å². The Balaban J connectivity index is 1.83. The predicted octanol–water partition coefficient (Wildman–Crippen LogP) is 3.89. The number of sulfonamides is 1. The average Bonchev–Trinajstić information content (AvgIpc) is 3.00. The molecular formula is C18H18BrN3O3S. The molecule has 3 rings (SSSR count). The van der Waals surface area contributed by atoms with Crippen LogP contribution in [0.3, 0.4) is 0 Å². The minimum Gasteiger partial charge on any atom is -0.494 e. The highest BCUT2D eigenvalue weighted by Gasteiger charge is 2.14. The van der Waals surface area contributed by atoms with Gasteiger partial charge in [-0.05, 0) is 36.8 Å². The first-order chi connectivity index (χ1) is 12.4. The molecule has 0 saturated heterocycles. The summed E-state index contributed by atoms with van der Waals surface area (Å²) in [4.78, 5) is 4.20. The topological polar surface area (TPSA) is 73.2 Å². The molecule has 6 nitrogen and oxygen atoms in total. The Morgan fingerprint density at radius 3 is 2.69 bits per heavy atom. The predicted molar refractivity (Wildman–Crippen MR) is 105 cm³/mol. The number of hydrogen-bond acceptors (Lipinski definition) is 4. The summed E-state index contributed by atoms with van der Waals surface area (Å²) in [7, 11) is -2.00. The molecule has 136 valence electrons. The van der Waals surface area contributed by atoms with Crippen LogP contribution >= 0.6 is 15.9 Å². The van der Waals surface area contributed by atoms with E-state index in [1.165, 1.54) is 0 Å². The van der Waals surface area contributed by atoms with Crippen LogP contribution in [0.4, 0.5) is 5.69 Å². The maximum atomic E-state index is 12.5. The molecule has 0 aliphatic carbocycles. The van der Waals surface area contributed by atoms with Gasteiger partial charge in [-0.15, -0.1) is 0 Å². The maximum absolute atomic E-state index is 12.5. The number of nitrogens with zero attached hydrogens (tertiary/aromatic N) is 2. The highest BCUT2D eigenvalue weighted by molar-refractivity contribution is 9.10. The second kappa shape index (κ2) is 7.51. The van der Waals surface area contributed by atoms with Gasteiger partial charge in [0.15, 0.2) is 0 Å². The fourth-order valence-corrected chi connectivity index (χ4v) is 4.19. The largest absolute Gasteiger partial charge is 0.494 e. The van der Waals surface area contributed by atoms with Gasteiger partial charge in [0.1, 0.15) is 5.75 Å². The van der Waals surface area contributed by atoms with Crippen LogP contribution in [0.25, 0.3) is 5.69 Å². The Morgan fingerprint density at radius 2 is 2.04 bits per heavy atom. The van der Waals surface area contributed by atoms with E-state index in [1.807, 2.05) is 23.8 Å². The van der Waals surface area contributed by atoms with Gasteiger partial charge in [0, 0.05) is 16.7 Å². The van der Waals surface area contributed by atoms with Crippen LogP contribution in [0.15, 0.2) is 59.5 Å². The lowest BCUT2D eigenvalue weighted by Crippen LogP contribution is -2.15. The quantitative estimate of drug-likeness (QED) is 0.637. The Labute approximate surface area is 161 Å². The summed E-state index contributed by atoms with van der Waals surface area (Å²) in [6, 6.07) is 12.4. The van der Waals surface area contributed by atoms with Crippen molar-refractivity contribution in [3.63, 3.8) is 0 Å². The van der Waals surface area contributed by atoms with Crippen molar-refractivity contribution in [2.24, 2.45) is 0 Å². The van der Waals surface area contributed by atoms with Crippen LogP contribution in [0.5, 0.6) is 5.75 Å². The molecule has 8 heteroatoms. The molecule has 0 spiro atoms. The summed E-state index contributed by atoms with van der Waals surface area (Å²) < 4.78 is 35.6.